The summed E-state index contributed by atoms with van der Waals surface area (Å²) in [6, 6.07) is -0.0369. The summed E-state index contributed by atoms with van der Waals surface area (Å²) in [7, 11) is 3.16. The molecule has 1 aromatic heterocycles. The fourth-order valence-corrected chi connectivity index (χ4v) is 3.07. The molecule has 8 nitrogen and oxygen atoms in total. The van der Waals surface area contributed by atoms with E-state index in [2.05, 4.69) is 15.5 Å². The molecule has 0 bridgehead atoms. The number of aromatic nitrogens is 2. The Labute approximate surface area is 132 Å². The first-order valence-electron chi connectivity index (χ1n) is 6.95. The third-order valence-electron chi connectivity index (χ3n) is 3.43. The van der Waals surface area contributed by atoms with Crippen LogP contribution in [0.5, 0.6) is 0 Å². The van der Waals surface area contributed by atoms with Gasteiger partial charge in [-0.1, -0.05) is 11.3 Å². The molecule has 2 amide bonds. The molecule has 0 saturated carbocycles. The molecule has 0 aliphatic carbocycles. The number of methoxy groups -OCH3 is 2. The van der Waals surface area contributed by atoms with Crippen LogP contribution >= 0.6 is 11.3 Å². The number of likely N-dealkylation sites (tertiary alicyclic amines) is 1. The lowest BCUT2D eigenvalue weighted by atomic mass is 10.1. The Hall–Kier alpha value is -1.58. The van der Waals surface area contributed by atoms with Crippen LogP contribution in [0, 0.1) is 5.92 Å². The summed E-state index contributed by atoms with van der Waals surface area (Å²) in [6.07, 6.45) is 0.212. The highest BCUT2D eigenvalue weighted by atomic mass is 32.1. The van der Waals surface area contributed by atoms with Crippen LogP contribution in [-0.4, -0.2) is 60.3 Å². The van der Waals surface area contributed by atoms with Crippen molar-refractivity contribution in [2.24, 2.45) is 5.92 Å². The zero-order valence-corrected chi connectivity index (χ0v) is 13.7. The number of carbonyl (C=O) groups is 2. The Bertz CT molecular complexity index is 536. The summed E-state index contributed by atoms with van der Waals surface area (Å²) in [5.41, 5.74) is 0. The van der Waals surface area contributed by atoms with Gasteiger partial charge in [-0.25, -0.2) is 0 Å². The first kappa shape index (κ1) is 16.8. The topological polar surface area (TPSA) is 93.7 Å². The van der Waals surface area contributed by atoms with Gasteiger partial charge in [-0.2, -0.15) is 0 Å². The number of hydrogen-bond donors (Lipinski definition) is 1. The van der Waals surface area contributed by atoms with E-state index in [0.29, 0.717) is 29.9 Å². The number of hydrogen-bond acceptors (Lipinski definition) is 7. The fourth-order valence-electron chi connectivity index (χ4n) is 2.36. The number of amides is 2. The molecule has 1 N–H and O–H groups in total. The Kier molecular flexibility index (Phi) is 5.81. The number of anilines is 1. The lowest BCUT2D eigenvalue weighted by molar-refractivity contribution is -0.130. The van der Waals surface area contributed by atoms with Crippen molar-refractivity contribution in [1.29, 1.82) is 0 Å². The van der Waals surface area contributed by atoms with Gasteiger partial charge in [-0.15, -0.1) is 10.2 Å². The highest BCUT2D eigenvalue weighted by Crippen LogP contribution is 2.23. The van der Waals surface area contributed by atoms with Gasteiger partial charge >= 0.3 is 0 Å². The standard InChI is InChI=1S/C13H20N4O4S/c1-8(6-20-2)17-5-9(4-11(17)18)12(19)14-13-16-15-10(22-13)7-21-3/h8-9H,4-7H2,1-3H3,(H,14,16,19)/t8-,9+/m0/s1. The Morgan fingerprint density at radius 3 is 2.91 bits per heavy atom. The van der Waals surface area contributed by atoms with Gasteiger partial charge in [0, 0.05) is 27.2 Å². The van der Waals surface area contributed by atoms with E-state index in [1.165, 1.54) is 11.3 Å². The predicted octanol–water partition coefficient (Wildman–Crippen LogP) is 0.506. The molecule has 0 spiro atoms. The molecule has 1 aromatic rings. The first-order chi connectivity index (χ1) is 10.5. The summed E-state index contributed by atoms with van der Waals surface area (Å²) in [6.45, 7) is 3.12. The zero-order chi connectivity index (χ0) is 16.1. The molecule has 0 radical (unpaired) electrons. The average Bonchev–Trinajstić information content (AvgIpc) is 3.06. The SMILES string of the molecule is COCc1nnc(NC(=O)[C@@H]2CC(=O)N([C@@H](C)COC)C2)s1. The van der Waals surface area contributed by atoms with Gasteiger partial charge in [0.05, 0.1) is 18.6 Å². The van der Waals surface area contributed by atoms with E-state index in [4.69, 9.17) is 9.47 Å². The number of ether oxygens (including phenoxy) is 2. The van der Waals surface area contributed by atoms with Crippen LogP contribution in [0.4, 0.5) is 5.13 Å². The highest BCUT2D eigenvalue weighted by molar-refractivity contribution is 7.15. The fraction of sp³-hybridized carbons (Fsp3) is 0.692. The van der Waals surface area contributed by atoms with Crippen molar-refractivity contribution in [3.8, 4) is 0 Å². The predicted molar refractivity (Wildman–Crippen MR) is 80.4 cm³/mol. The molecular weight excluding hydrogens is 308 g/mol. The number of nitrogens with one attached hydrogen (secondary N) is 1. The van der Waals surface area contributed by atoms with Gasteiger partial charge in [0.1, 0.15) is 11.6 Å². The van der Waals surface area contributed by atoms with Crippen molar-refractivity contribution >= 4 is 28.3 Å². The van der Waals surface area contributed by atoms with Crippen LogP contribution in [0.3, 0.4) is 0 Å². The maximum atomic E-state index is 12.2. The maximum Gasteiger partial charge on any atom is 0.231 e. The third kappa shape index (κ3) is 3.99. The van der Waals surface area contributed by atoms with E-state index >= 15 is 0 Å². The second-order valence-corrected chi connectivity index (χ2v) is 6.24. The normalized spacial score (nSPS) is 19.5. The number of nitrogens with zero attached hydrogens (tertiary/aromatic N) is 3. The summed E-state index contributed by atoms with van der Waals surface area (Å²) >= 11 is 1.26. The molecule has 122 valence electrons. The largest absolute Gasteiger partial charge is 0.383 e. The van der Waals surface area contributed by atoms with Gasteiger partial charge < -0.3 is 19.7 Å². The van der Waals surface area contributed by atoms with E-state index < -0.39 is 0 Å². The van der Waals surface area contributed by atoms with Gasteiger partial charge in [-0.3, -0.25) is 9.59 Å². The van der Waals surface area contributed by atoms with E-state index in [1.807, 2.05) is 6.92 Å². The lowest BCUT2D eigenvalue weighted by Crippen LogP contribution is -2.38. The number of carbonyl (C=O) groups excluding carboxylic acids is 2. The molecule has 9 heteroatoms. The Balaban J connectivity index is 1.91. The van der Waals surface area contributed by atoms with Gasteiger partial charge in [0.25, 0.3) is 0 Å². The van der Waals surface area contributed by atoms with Crippen molar-refractivity contribution < 1.29 is 19.1 Å². The average molecular weight is 328 g/mol. The van der Waals surface area contributed by atoms with Crippen LogP contribution in [0.1, 0.15) is 18.4 Å². The molecule has 1 fully saturated rings. The summed E-state index contributed by atoms with van der Waals surface area (Å²) in [5.74, 6) is -0.607. The van der Waals surface area contributed by atoms with Crippen LogP contribution in [-0.2, 0) is 25.7 Å². The van der Waals surface area contributed by atoms with Gasteiger partial charge in [0.15, 0.2) is 0 Å². The minimum Gasteiger partial charge on any atom is -0.383 e. The van der Waals surface area contributed by atoms with Crippen molar-refractivity contribution in [1.82, 2.24) is 15.1 Å². The highest BCUT2D eigenvalue weighted by Gasteiger charge is 2.36. The second kappa shape index (κ2) is 7.61. The van der Waals surface area contributed by atoms with Crippen LogP contribution < -0.4 is 5.32 Å². The molecule has 22 heavy (non-hydrogen) atoms. The quantitative estimate of drug-likeness (QED) is 0.784. The summed E-state index contributed by atoms with van der Waals surface area (Å²) in [4.78, 5) is 25.9. The molecule has 2 heterocycles. The van der Waals surface area contributed by atoms with Crippen molar-refractivity contribution in [2.45, 2.75) is 26.0 Å². The minimum atomic E-state index is -0.374. The van der Waals surface area contributed by atoms with Gasteiger partial charge in [0.2, 0.25) is 16.9 Å². The van der Waals surface area contributed by atoms with Gasteiger partial charge in [-0.05, 0) is 6.92 Å². The Morgan fingerprint density at radius 1 is 1.45 bits per heavy atom. The zero-order valence-electron chi connectivity index (χ0n) is 12.9. The van der Waals surface area contributed by atoms with Crippen LogP contribution in [0.25, 0.3) is 0 Å². The van der Waals surface area contributed by atoms with Crippen molar-refractivity contribution in [2.75, 3.05) is 32.7 Å². The number of rotatable bonds is 7. The van der Waals surface area contributed by atoms with E-state index in [-0.39, 0.29) is 30.2 Å². The lowest BCUT2D eigenvalue weighted by Gasteiger charge is -2.23. The second-order valence-electron chi connectivity index (χ2n) is 5.17. The van der Waals surface area contributed by atoms with E-state index in [1.54, 1.807) is 19.1 Å². The molecule has 2 rings (SSSR count). The maximum absolute atomic E-state index is 12.2. The van der Waals surface area contributed by atoms with Crippen molar-refractivity contribution in [3.05, 3.63) is 5.01 Å². The molecule has 0 unspecified atom stereocenters. The Morgan fingerprint density at radius 2 is 2.23 bits per heavy atom. The van der Waals surface area contributed by atoms with Crippen molar-refractivity contribution in [3.63, 3.8) is 0 Å². The molecule has 0 aromatic carbocycles. The van der Waals surface area contributed by atoms with Crippen LogP contribution in [0.15, 0.2) is 0 Å². The third-order valence-corrected chi connectivity index (χ3v) is 4.25. The molecule has 1 aliphatic rings. The summed E-state index contributed by atoms with van der Waals surface area (Å²) in [5, 5.41) is 11.6. The van der Waals surface area contributed by atoms with Crippen LogP contribution in [0.2, 0.25) is 0 Å². The van der Waals surface area contributed by atoms with E-state index in [0.717, 1.165) is 0 Å². The van der Waals surface area contributed by atoms with E-state index in [9.17, 15) is 9.59 Å². The molecule has 1 aliphatic heterocycles. The molecule has 1 saturated heterocycles. The summed E-state index contributed by atoms with van der Waals surface area (Å²) < 4.78 is 10.0. The minimum absolute atomic E-state index is 0.0259. The smallest absolute Gasteiger partial charge is 0.231 e. The molecule has 2 atom stereocenters. The first-order valence-corrected chi connectivity index (χ1v) is 7.77. The monoisotopic (exact) mass is 328 g/mol. The molecular formula is C13H20N4O4S.